The Hall–Kier alpha value is -0.860. The molecule has 0 unspecified atom stereocenters. The quantitative estimate of drug-likeness (QED) is 0.850. The van der Waals surface area contributed by atoms with Crippen LogP contribution in [-0.2, 0) is 9.59 Å². The molecule has 0 aromatic rings. The van der Waals surface area contributed by atoms with Gasteiger partial charge in [-0.2, -0.15) is 0 Å². The van der Waals surface area contributed by atoms with E-state index in [0.717, 1.165) is 32.2 Å². The topological polar surface area (TPSA) is 46.2 Å². The zero-order valence-corrected chi connectivity index (χ0v) is 13.1. The van der Waals surface area contributed by atoms with Crippen LogP contribution in [0.25, 0.3) is 0 Å². The summed E-state index contributed by atoms with van der Waals surface area (Å²) in [4.78, 5) is 23.7. The molecule has 0 heterocycles. The van der Waals surface area contributed by atoms with Gasteiger partial charge in [-0.15, -0.1) is 0 Å². The predicted molar refractivity (Wildman–Crippen MR) is 77.8 cm³/mol. The molecule has 0 saturated heterocycles. The fourth-order valence-electron chi connectivity index (χ4n) is 2.69. The van der Waals surface area contributed by atoms with E-state index in [4.69, 9.17) is 0 Å². The highest BCUT2D eigenvalue weighted by Crippen LogP contribution is 2.33. The molecule has 1 N–H and O–H groups in total. The molecule has 0 aliphatic heterocycles. The fraction of sp³-hybridized carbons (Fsp3) is 0.875. The number of Topliss-reactive ketones (excluding diaryl/α,β-unsaturated/α-hetero) is 1. The van der Waals surface area contributed by atoms with Crippen molar-refractivity contribution >= 4 is 11.7 Å². The van der Waals surface area contributed by atoms with E-state index in [0.29, 0.717) is 11.7 Å². The molecule has 1 amide bonds. The van der Waals surface area contributed by atoms with Crippen molar-refractivity contribution in [1.29, 1.82) is 0 Å². The average Bonchev–Trinajstić information content (AvgIpc) is 2.34. The number of ketones is 1. The van der Waals surface area contributed by atoms with E-state index in [1.54, 1.807) is 0 Å². The summed E-state index contributed by atoms with van der Waals surface area (Å²) in [6.45, 7) is 10.6. The van der Waals surface area contributed by atoms with Crippen molar-refractivity contribution in [3.63, 3.8) is 0 Å². The Bertz CT molecular complexity index is 320. The predicted octanol–water partition coefficient (Wildman–Crippen LogP) is 3.18. The molecule has 3 nitrogen and oxygen atoms in total. The van der Waals surface area contributed by atoms with Crippen LogP contribution in [0.15, 0.2) is 0 Å². The minimum atomic E-state index is -0.219. The normalized spacial score (nSPS) is 24.3. The number of carbonyl (C=O) groups excluding carboxylic acids is 2. The molecule has 1 saturated carbocycles. The van der Waals surface area contributed by atoms with Crippen molar-refractivity contribution in [2.24, 2.45) is 23.2 Å². The van der Waals surface area contributed by atoms with E-state index < -0.39 is 0 Å². The monoisotopic (exact) mass is 267 g/mol. The molecular formula is C16H29NO2. The molecule has 1 fully saturated rings. The summed E-state index contributed by atoms with van der Waals surface area (Å²) >= 11 is 0. The van der Waals surface area contributed by atoms with E-state index in [1.165, 1.54) is 0 Å². The number of hydrogen-bond acceptors (Lipinski definition) is 2. The number of hydrogen-bond donors (Lipinski definition) is 1. The van der Waals surface area contributed by atoms with Crippen LogP contribution in [0.1, 0.15) is 60.3 Å². The average molecular weight is 267 g/mol. The zero-order valence-electron chi connectivity index (χ0n) is 13.1. The Balaban J connectivity index is 2.33. The van der Waals surface area contributed by atoms with Gasteiger partial charge in [-0.3, -0.25) is 9.59 Å². The summed E-state index contributed by atoms with van der Waals surface area (Å²) in [6.07, 6.45) is 4.09. The molecule has 0 atom stereocenters. The number of carbonyl (C=O) groups is 2. The number of amides is 1. The van der Waals surface area contributed by atoms with Crippen molar-refractivity contribution in [2.45, 2.75) is 60.3 Å². The first-order valence-corrected chi connectivity index (χ1v) is 7.54. The fourth-order valence-corrected chi connectivity index (χ4v) is 2.69. The van der Waals surface area contributed by atoms with Crippen LogP contribution in [0, 0.1) is 23.2 Å². The SMILES string of the molecule is CC(C)C(=O)NCC1CCC(C(=O)C(C)(C)C)CC1. The van der Waals surface area contributed by atoms with Crippen molar-refractivity contribution in [3.8, 4) is 0 Å². The van der Waals surface area contributed by atoms with Gasteiger partial charge < -0.3 is 5.32 Å². The van der Waals surface area contributed by atoms with E-state index >= 15 is 0 Å². The third-order valence-corrected chi connectivity index (χ3v) is 4.05. The summed E-state index contributed by atoms with van der Waals surface area (Å²) in [5.74, 6) is 1.37. The second kappa shape index (κ2) is 6.53. The smallest absolute Gasteiger partial charge is 0.222 e. The van der Waals surface area contributed by atoms with E-state index in [2.05, 4.69) is 5.32 Å². The molecule has 1 rings (SSSR count). The minimum absolute atomic E-state index is 0.0545. The largest absolute Gasteiger partial charge is 0.356 e. The molecule has 0 aromatic heterocycles. The van der Waals surface area contributed by atoms with Crippen LogP contribution in [0.2, 0.25) is 0 Å². The Kier molecular flexibility index (Phi) is 5.57. The molecule has 0 radical (unpaired) electrons. The minimum Gasteiger partial charge on any atom is -0.356 e. The van der Waals surface area contributed by atoms with Crippen molar-refractivity contribution in [3.05, 3.63) is 0 Å². The van der Waals surface area contributed by atoms with Crippen LogP contribution in [0.5, 0.6) is 0 Å². The summed E-state index contributed by atoms with van der Waals surface area (Å²) in [5, 5.41) is 3.00. The Labute approximate surface area is 117 Å². The summed E-state index contributed by atoms with van der Waals surface area (Å²) in [5.41, 5.74) is -0.219. The highest BCUT2D eigenvalue weighted by Gasteiger charge is 2.32. The molecule has 1 aliphatic carbocycles. The lowest BCUT2D eigenvalue weighted by molar-refractivity contribution is -0.132. The van der Waals surface area contributed by atoms with Crippen molar-refractivity contribution < 1.29 is 9.59 Å². The van der Waals surface area contributed by atoms with Gasteiger partial charge in [0.15, 0.2) is 0 Å². The Morgan fingerprint density at radius 3 is 2.05 bits per heavy atom. The molecular weight excluding hydrogens is 238 g/mol. The second-order valence-corrected chi connectivity index (χ2v) is 7.23. The maximum atomic E-state index is 12.2. The van der Waals surface area contributed by atoms with Crippen LogP contribution in [0.3, 0.4) is 0 Å². The van der Waals surface area contributed by atoms with Crippen LogP contribution in [-0.4, -0.2) is 18.2 Å². The van der Waals surface area contributed by atoms with Gasteiger partial charge in [0, 0.05) is 23.8 Å². The lowest BCUT2D eigenvalue weighted by Crippen LogP contribution is -2.36. The van der Waals surface area contributed by atoms with Crippen molar-refractivity contribution in [1.82, 2.24) is 5.32 Å². The molecule has 0 spiro atoms. The highest BCUT2D eigenvalue weighted by atomic mass is 16.1. The lowest BCUT2D eigenvalue weighted by atomic mass is 9.73. The highest BCUT2D eigenvalue weighted by molar-refractivity contribution is 5.86. The van der Waals surface area contributed by atoms with Gasteiger partial charge >= 0.3 is 0 Å². The maximum absolute atomic E-state index is 12.2. The molecule has 1 aliphatic rings. The lowest BCUT2D eigenvalue weighted by Gasteiger charge is -2.31. The summed E-state index contributed by atoms with van der Waals surface area (Å²) in [7, 11) is 0. The van der Waals surface area contributed by atoms with E-state index in [1.807, 2.05) is 34.6 Å². The summed E-state index contributed by atoms with van der Waals surface area (Å²) < 4.78 is 0. The van der Waals surface area contributed by atoms with E-state index in [9.17, 15) is 9.59 Å². The third-order valence-electron chi connectivity index (χ3n) is 4.05. The van der Waals surface area contributed by atoms with Gasteiger partial charge in [-0.1, -0.05) is 34.6 Å². The van der Waals surface area contributed by atoms with Crippen LogP contribution in [0.4, 0.5) is 0 Å². The Morgan fingerprint density at radius 1 is 1.11 bits per heavy atom. The first kappa shape index (κ1) is 16.2. The van der Waals surface area contributed by atoms with Crippen molar-refractivity contribution in [2.75, 3.05) is 6.54 Å². The first-order chi connectivity index (χ1) is 8.71. The standard InChI is InChI=1S/C16H29NO2/c1-11(2)15(19)17-10-12-6-8-13(9-7-12)14(18)16(3,4)5/h11-13H,6-10H2,1-5H3,(H,17,19). The Morgan fingerprint density at radius 2 is 1.63 bits per heavy atom. The van der Waals surface area contributed by atoms with Crippen LogP contribution < -0.4 is 5.32 Å². The van der Waals surface area contributed by atoms with Crippen LogP contribution >= 0.6 is 0 Å². The molecule has 3 heteroatoms. The van der Waals surface area contributed by atoms with Gasteiger partial charge in [-0.05, 0) is 31.6 Å². The van der Waals surface area contributed by atoms with Gasteiger partial charge in [0.05, 0.1) is 0 Å². The van der Waals surface area contributed by atoms with Gasteiger partial charge in [-0.25, -0.2) is 0 Å². The number of nitrogens with one attached hydrogen (secondary N) is 1. The molecule has 19 heavy (non-hydrogen) atoms. The molecule has 0 aromatic carbocycles. The van der Waals surface area contributed by atoms with Gasteiger partial charge in [0.1, 0.15) is 5.78 Å². The first-order valence-electron chi connectivity index (χ1n) is 7.54. The van der Waals surface area contributed by atoms with E-state index in [-0.39, 0.29) is 23.2 Å². The zero-order chi connectivity index (χ0) is 14.6. The molecule has 110 valence electrons. The number of rotatable bonds is 4. The second-order valence-electron chi connectivity index (χ2n) is 7.23. The summed E-state index contributed by atoms with van der Waals surface area (Å²) in [6, 6.07) is 0. The third kappa shape index (κ3) is 4.96. The van der Waals surface area contributed by atoms with Gasteiger partial charge in [0.25, 0.3) is 0 Å². The molecule has 0 bridgehead atoms. The van der Waals surface area contributed by atoms with Gasteiger partial charge in [0.2, 0.25) is 5.91 Å². The maximum Gasteiger partial charge on any atom is 0.222 e.